The SMILES string of the molecule is C=CCOc1ccc([C@@H]2N=c3ccccc3=C3C(=O)NC(SCC)=NN32)cc1. The van der Waals surface area contributed by atoms with E-state index in [1.165, 1.54) is 11.8 Å². The summed E-state index contributed by atoms with van der Waals surface area (Å²) in [5, 5.41) is 11.4. The molecule has 6 nitrogen and oxygen atoms in total. The molecular weight excluding hydrogens is 372 g/mol. The predicted molar refractivity (Wildman–Crippen MR) is 111 cm³/mol. The van der Waals surface area contributed by atoms with Crippen molar-refractivity contribution in [3.63, 3.8) is 0 Å². The number of nitrogens with one attached hydrogen (secondary N) is 1. The number of ether oxygens (including phenoxy) is 1. The first kappa shape index (κ1) is 18.3. The van der Waals surface area contributed by atoms with Crippen LogP contribution in [0.2, 0.25) is 0 Å². The number of hydrogen-bond donors (Lipinski definition) is 1. The minimum atomic E-state index is -0.420. The highest BCUT2D eigenvalue weighted by atomic mass is 32.2. The van der Waals surface area contributed by atoms with Crippen molar-refractivity contribution in [2.45, 2.75) is 13.1 Å². The van der Waals surface area contributed by atoms with Gasteiger partial charge in [-0.1, -0.05) is 61.7 Å². The number of benzene rings is 2. The van der Waals surface area contributed by atoms with E-state index < -0.39 is 6.17 Å². The molecule has 2 aromatic rings. The van der Waals surface area contributed by atoms with E-state index in [-0.39, 0.29) is 5.91 Å². The monoisotopic (exact) mass is 392 g/mol. The molecule has 2 aliphatic rings. The van der Waals surface area contributed by atoms with E-state index in [9.17, 15) is 4.79 Å². The fraction of sp³-hybridized carbons (Fsp3) is 0.190. The van der Waals surface area contributed by atoms with Crippen molar-refractivity contribution in [2.75, 3.05) is 12.4 Å². The number of hydrogen-bond acceptors (Lipinski definition) is 6. The Morgan fingerprint density at radius 3 is 2.79 bits per heavy atom. The molecule has 0 saturated heterocycles. The molecule has 0 fully saturated rings. The van der Waals surface area contributed by atoms with Crippen molar-refractivity contribution in [1.82, 2.24) is 10.3 Å². The smallest absolute Gasteiger partial charge is 0.276 e. The summed E-state index contributed by atoms with van der Waals surface area (Å²) in [6.45, 7) is 6.13. The Morgan fingerprint density at radius 1 is 1.25 bits per heavy atom. The van der Waals surface area contributed by atoms with Crippen molar-refractivity contribution < 1.29 is 9.53 Å². The predicted octanol–water partition coefficient (Wildman–Crippen LogP) is 2.15. The normalized spacial score (nSPS) is 17.7. The summed E-state index contributed by atoms with van der Waals surface area (Å²) in [7, 11) is 0. The van der Waals surface area contributed by atoms with Gasteiger partial charge in [0.2, 0.25) is 0 Å². The standard InChI is InChI=1S/C21H20N4O2S/c1-3-13-27-15-11-9-14(10-12-15)19-22-17-8-6-5-7-16(17)18-20(26)23-21(28-4-2)24-25(18)19/h3,5-12,19H,1,4,13H2,2H3,(H,23,24,26)/t19-/m1/s1. The van der Waals surface area contributed by atoms with E-state index in [1.54, 1.807) is 11.1 Å². The maximum atomic E-state index is 12.9. The van der Waals surface area contributed by atoms with Crippen molar-refractivity contribution in [2.24, 2.45) is 10.1 Å². The lowest BCUT2D eigenvalue weighted by Crippen LogP contribution is -2.50. The lowest BCUT2D eigenvalue weighted by molar-refractivity contribution is -0.116. The third-order valence-corrected chi connectivity index (χ3v) is 5.09. The van der Waals surface area contributed by atoms with Gasteiger partial charge in [-0.05, 0) is 29.5 Å². The Hall–Kier alpha value is -3.06. The molecule has 0 saturated carbocycles. The number of amides is 1. The Morgan fingerprint density at radius 2 is 2.04 bits per heavy atom. The number of amidine groups is 1. The fourth-order valence-electron chi connectivity index (χ4n) is 3.14. The lowest BCUT2D eigenvalue weighted by atomic mass is 10.1. The minimum absolute atomic E-state index is 0.163. The highest BCUT2D eigenvalue weighted by Gasteiger charge is 2.34. The Kier molecular flexibility index (Phi) is 5.16. The van der Waals surface area contributed by atoms with Crippen LogP contribution in [0.3, 0.4) is 0 Å². The van der Waals surface area contributed by atoms with E-state index in [4.69, 9.17) is 9.73 Å². The van der Waals surface area contributed by atoms with Crippen LogP contribution in [0.25, 0.3) is 5.70 Å². The summed E-state index contributed by atoms with van der Waals surface area (Å²) in [5.74, 6) is 1.41. The molecule has 7 heteroatoms. The maximum Gasteiger partial charge on any atom is 0.276 e. The maximum absolute atomic E-state index is 12.9. The average molecular weight is 392 g/mol. The summed E-state index contributed by atoms with van der Waals surface area (Å²) in [6.07, 6.45) is 1.29. The van der Waals surface area contributed by atoms with Crippen LogP contribution in [-0.4, -0.2) is 28.4 Å². The third kappa shape index (κ3) is 3.41. The van der Waals surface area contributed by atoms with Crippen LogP contribution >= 0.6 is 11.8 Å². The van der Waals surface area contributed by atoms with Crippen LogP contribution < -0.4 is 20.6 Å². The van der Waals surface area contributed by atoms with Gasteiger partial charge in [-0.15, -0.1) is 5.10 Å². The Labute approximate surface area is 167 Å². The quantitative estimate of drug-likeness (QED) is 0.792. The first-order valence-electron chi connectivity index (χ1n) is 9.04. The first-order valence-corrected chi connectivity index (χ1v) is 10.0. The zero-order chi connectivity index (χ0) is 19.5. The van der Waals surface area contributed by atoms with Gasteiger partial charge in [0.15, 0.2) is 11.3 Å². The number of fused-ring (bicyclic) bond motifs is 2. The molecule has 0 unspecified atom stereocenters. The summed E-state index contributed by atoms with van der Waals surface area (Å²) < 4.78 is 5.56. The molecule has 2 aliphatic heterocycles. The molecular formula is C21H20N4O2S. The first-order chi connectivity index (χ1) is 13.7. The number of carbonyl (C=O) groups is 1. The number of carbonyl (C=O) groups excluding carboxylic acids is 1. The third-order valence-electron chi connectivity index (χ3n) is 4.34. The number of para-hydroxylation sites is 1. The topological polar surface area (TPSA) is 66.3 Å². The van der Waals surface area contributed by atoms with Gasteiger partial charge in [0.05, 0.1) is 5.36 Å². The Bertz CT molecular complexity index is 1060. The summed E-state index contributed by atoms with van der Waals surface area (Å²) in [6, 6.07) is 15.3. The zero-order valence-electron chi connectivity index (χ0n) is 15.5. The molecule has 0 spiro atoms. The van der Waals surface area contributed by atoms with Crippen molar-refractivity contribution in [3.8, 4) is 5.75 Å². The van der Waals surface area contributed by atoms with Crippen LogP contribution in [0.5, 0.6) is 5.75 Å². The van der Waals surface area contributed by atoms with Gasteiger partial charge in [0, 0.05) is 5.22 Å². The number of rotatable bonds is 5. The van der Waals surface area contributed by atoms with Gasteiger partial charge in [-0.2, -0.15) is 0 Å². The van der Waals surface area contributed by atoms with Gasteiger partial charge in [-0.25, -0.2) is 5.01 Å². The molecule has 2 heterocycles. The second-order valence-corrected chi connectivity index (χ2v) is 7.43. The summed E-state index contributed by atoms with van der Waals surface area (Å²) in [4.78, 5) is 17.7. The van der Waals surface area contributed by atoms with Crippen LogP contribution in [0.15, 0.2) is 71.3 Å². The van der Waals surface area contributed by atoms with Gasteiger partial charge in [0.25, 0.3) is 5.91 Å². The van der Waals surface area contributed by atoms with E-state index in [0.717, 1.165) is 27.6 Å². The highest BCUT2D eigenvalue weighted by molar-refractivity contribution is 8.13. The molecule has 142 valence electrons. The second-order valence-electron chi connectivity index (χ2n) is 6.17. The van der Waals surface area contributed by atoms with Gasteiger partial charge < -0.3 is 4.74 Å². The molecule has 0 aliphatic carbocycles. The number of thioether (sulfide) groups is 1. The van der Waals surface area contributed by atoms with Gasteiger partial charge >= 0.3 is 0 Å². The molecule has 0 radical (unpaired) electrons. The number of hydrazone groups is 1. The van der Waals surface area contributed by atoms with E-state index >= 15 is 0 Å². The van der Waals surface area contributed by atoms with Crippen molar-refractivity contribution in [1.29, 1.82) is 0 Å². The molecule has 0 aromatic heterocycles. The average Bonchev–Trinajstić information content (AvgIpc) is 2.72. The highest BCUT2D eigenvalue weighted by Crippen LogP contribution is 2.31. The van der Waals surface area contributed by atoms with Crippen molar-refractivity contribution >= 4 is 28.5 Å². The largest absolute Gasteiger partial charge is 0.490 e. The van der Waals surface area contributed by atoms with Gasteiger partial charge in [0.1, 0.15) is 18.1 Å². The zero-order valence-corrected chi connectivity index (χ0v) is 16.3. The second kappa shape index (κ2) is 7.90. The molecule has 1 atom stereocenters. The van der Waals surface area contributed by atoms with Crippen LogP contribution in [0.4, 0.5) is 0 Å². The fourth-order valence-corrected chi connectivity index (χ4v) is 3.72. The van der Waals surface area contributed by atoms with E-state index in [2.05, 4.69) is 17.0 Å². The van der Waals surface area contributed by atoms with Crippen LogP contribution in [0.1, 0.15) is 18.7 Å². The molecule has 0 bridgehead atoms. The van der Waals surface area contributed by atoms with Crippen LogP contribution in [-0.2, 0) is 4.79 Å². The Balaban J connectivity index is 1.81. The molecule has 1 N–H and O–H groups in total. The molecule has 28 heavy (non-hydrogen) atoms. The summed E-state index contributed by atoms with van der Waals surface area (Å²) >= 11 is 1.49. The molecule has 1 amide bonds. The van der Waals surface area contributed by atoms with Crippen LogP contribution in [0, 0.1) is 0 Å². The lowest BCUT2D eigenvalue weighted by Gasteiger charge is -2.34. The minimum Gasteiger partial charge on any atom is -0.490 e. The van der Waals surface area contributed by atoms with E-state index in [1.807, 2.05) is 55.5 Å². The van der Waals surface area contributed by atoms with Crippen molar-refractivity contribution in [3.05, 3.63) is 77.3 Å². The molecule has 4 rings (SSSR count). The van der Waals surface area contributed by atoms with E-state index in [0.29, 0.717) is 17.5 Å². The molecule has 2 aromatic carbocycles. The number of nitrogens with zero attached hydrogens (tertiary/aromatic N) is 3. The summed E-state index contributed by atoms with van der Waals surface area (Å²) in [5.41, 5.74) is 1.44. The van der Waals surface area contributed by atoms with Gasteiger partial charge in [-0.3, -0.25) is 15.1 Å².